The van der Waals surface area contributed by atoms with Crippen LogP contribution in [0.1, 0.15) is 11.1 Å². The van der Waals surface area contributed by atoms with E-state index in [1.54, 1.807) is 11.3 Å². The molecule has 0 spiro atoms. The second-order valence-electron chi connectivity index (χ2n) is 10.4. The topological polar surface area (TPSA) is 52.5 Å². The summed E-state index contributed by atoms with van der Waals surface area (Å²) in [5, 5.41) is 26.3. The zero-order valence-corrected chi connectivity index (χ0v) is 25.6. The fourth-order valence-corrected chi connectivity index (χ4v) is 8.57. The summed E-state index contributed by atoms with van der Waals surface area (Å²) in [5.74, 6) is 0. The monoisotopic (exact) mass is 677 g/mol. The Morgan fingerprint density at radius 2 is 1.14 bits per heavy atom. The Bertz CT molecular complexity index is 2480. The molecule has 43 heavy (non-hydrogen) atoms. The van der Waals surface area contributed by atoms with E-state index in [0.717, 1.165) is 47.8 Å². The van der Waals surface area contributed by atoms with E-state index in [1.807, 2.05) is 48.5 Å². The molecule has 0 bridgehead atoms. The summed E-state index contributed by atoms with van der Waals surface area (Å²) in [5.41, 5.74) is 7.26. The number of aromatic nitrogens is 1. The van der Waals surface area contributed by atoms with Crippen LogP contribution in [0.4, 0.5) is 0 Å². The maximum absolute atomic E-state index is 11.0. The van der Waals surface area contributed by atoms with Crippen LogP contribution in [0.2, 0.25) is 0 Å². The van der Waals surface area contributed by atoms with E-state index >= 15 is 0 Å². The van der Waals surface area contributed by atoms with Crippen LogP contribution in [0.3, 0.4) is 0 Å². The normalized spacial score (nSPS) is 11.3. The lowest BCUT2D eigenvalue weighted by molar-refractivity contribution is 1.17. The van der Waals surface area contributed by atoms with E-state index in [0.29, 0.717) is 16.7 Å². The average molecular weight is 678 g/mol. The van der Waals surface area contributed by atoms with Gasteiger partial charge in [0.1, 0.15) is 12.1 Å². The number of fused-ring (bicyclic) bond motifs is 7. The molecule has 8 rings (SSSR count). The van der Waals surface area contributed by atoms with Crippen molar-refractivity contribution in [3.63, 3.8) is 0 Å². The van der Waals surface area contributed by atoms with Crippen LogP contribution >= 0.6 is 33.9 Å². The number of thiophene rings is 1. The Morgan fingerprint density at radius 1 is 0.558 bits per heavy atom. The molecule has 0 atom stereocenters. The first-order valence-corrected chi connectivity index (χ1v) is 15.7. The highest BCUT2D eigenvalue weighted by Gasteiger charge is 2.29. The van der Waals surface area contributed by atoms with Gasteiger partial charge in [0.2, 0.25) is 0 Å². The van der Waals surface area contributed by atoms with Gasteiger partial charge in [0, 0.05) is 40.9 Å². The molecule has 6 aromatic carbocycles. The average Bonchev–Trinajstić information content (AvgIpc) is 3.61. The number of rotatable bonds is 3. The van der Waals surface area contributed by atoms with E-state index in [2.05, 4.69) is 112 Å². The van der Waals surface area contributed by atoms with Crippen LogP contribution in [0, 0.1) is 26.2 Å². The Morgan fingerprint density at radius 3 is 1.84 bits per heavy atom. The number of halogens is 1. The Hall–Kier alpha value is -4.95. The standard InChI is InChI=1S/C38H20IN3S/c39-35-29(21-40)33(23-11-3-1-4-12-23)30(22-41)36(34(35)24-13-5-2-6-14-24)42-31-17-9-7-15-25(31)27-19-20-28-26-16-8-10-18-32(26)43-38(28)37(27)42/h1-20H. The molecule has 0 aliphatic rings. The minimum absolute atomic E-state index is 0.489. The molecule has 2 heterocycles. The van der Waals surface area contributed by atoms with Crippen molar-refractivity contribution >= 4 is 75.9 Å². The second-order valence-corrected chi connectivity index (χ2v) is 12.5. The smallest absolute Gasteiger partial charge is 0.102 e. The SMILES string of the molecule is N#Cc1c(I)c(-c2ccccc2)c(-n2c3ccccc3c3ccc4c5ccccc5sc4c32)c(C#N)c1-c1ccccc1. The van der Waals surface area contributed by atoms with E-state index in [9.17, 15) is 10.5 Å². The van der Waals surface area contributed by atoms with E-state index < -0.39 is 0 Å². The number of nitrogens with zero attached hydrogens (tertiary/aromatic N) is 3. The van der Waals surface area contributed by atoms with Crippen molar-refractivity contribution in [2.45, 2.75) is 0 Å². The quantitative estimate of drug-likeness (QED) is 0.175. The Labute approximate surface area is 265 Å². The second kappa shape index (κ2) is 10.1. The Kier molecular flexibility index (Phi) is 6.04. The molecule has 0 N–H and O–H groups in total. The first kappa shape index (κ1) is 25.7. The van der Waals surface area contributed by atoms with Crippen molar-refractivity contribution in [2.24, 2.45) is 0 Å². The predicted molar refractivity (Wildman–Crippen MR) is 187 cm³/mol. The van der Waals surface area contributed by atoms with Crippen LogP contribution in [-0.2, 0) is 0 Å². The number of hydrogen-bond donors (Lipinski definition) is 0. The van der Waals surface area contributed by atoms with Crippen molar-refractivity contribution < 1.29 is 0 Å². The minimum Gasteiger partial charge on any atom is -0.306 e. The van der Waals surface area contributed by atoms with Crippen LogP contribution < -0.4 is 0 Å². The van der Waals surface area contributed by atoms with E-state index in [1.165, 1.54) is 20.2 Å². The number of nitriles is 2. The summed E-state index contributed by atoms with van der Waals surface area (Å²) in [6, 6.07) is 46.4. The summed E-state index contributed by atoms with van der Waals surface area (Å²) in [4.78, 5) is 0. The van der Waals surface area contributed by atoms with Gasteiger partial charge in [-0.2, -0.15) is 10.5 Å². The fraction of sp³-hybridized carbons (Fsp3) is 0. The van der Waals surface area contributed by atoms with Crippen LogP contribution in [-0.4, -0.2) is 4.57 Å². The highest BCUT2D eigenvalue weighted by Crippen LogP contribution is 2.48. The molecule has 0 fully saturated rings. The zero-order chi connectivity index (χ0) is 29.1. The Balaban J connectivity index is 1.67. The van der Waals surface area contributed by atoms with Gasteiger partial charge in [-0.05, 0) is 45.9 Å². The predicted octanol–water partition coefficient (Wildman–Crippen LogP) is 10.8. The molecular formula is C38H20IN3S. The third-order valence-corrected chi connectivity index (χ3v) is 10.4. The number of hydrogen-bond acceptors (Lipinski definition) is 3. The molecular weight excluding hydrogens is 657 g/mol. The molecule has 0 unspecified atom stereocenters. The van der Waals surface area contributed by atoms with Gasteiger partial charge in [-0.3, -0.25) is 0 Å². The van der Waals surface area contributed by atoms with Crippen molar-refractivity contribution in [1.82, 2.24) is 4.57 Å². The first-order valence-electron chi connectivity index (χ1n) is 13.9. The van der Waals surface area contributed by atoms with Gasteiger partial charge in [-0.15, -0.1) is 11.3 Å². The molecule has 8 aromatic rings. The largest absolute Gasteiger partial charge is 0.306 e. The van der Waals surface area contributed by atoms with Gasteiger partial charge in [0.15, 0.2) is 0 Å². The molecule has 200 valence electrons. The molecule has 0 radical (unpaired) electrons. The molecule has 0 saturated heterocycles. The van der Waals surface area contributed by atoms with Crippen molar-refractivity contribution in [3.05, 3.63) is 136 Å². The third kappa shape index (κ3) is 3.76. The van der Waals surface area contributed by atoms with Gasteiger partial charge in [0.25, 0.3) is 0 Å². The minimum atomic E-state index is 0.489. The van der Waals surface area contributed by atoms with Gasteiger partial charge >= 0.3 is 0 Å². The third-order valence-electron chi connectivity index (χ3n) is 8.16. The summed E-state index contributed by atoms with van der Waals surface area (Å²) >= 11 is 4.10. The zero-order valence-electron chi connectivity index (χ0n) is 22.7. The fourth-order valence-electron chi connectivity index (χ4n) is 6.37. The molecule has 2 aromatic heterocycles. The van der Waals surface area contributed by atoms with Gasteiger partial charge in [-0.25, -0.2) is 0 Å². The molecule has 0 amide bonds. The molecule has 0 aliphatic heterocycles. The molecule has 3 nitrogen and oxygen atoms in total. The summed E-state index contributed by atoms with van der Waals surface area (Å²) in [6.07, 6.45) is 0. The van der Waals surface area contributed by atoms with Crippen LogP contribution in [0.25, 0.3) is 69.9 Å². The first-order chi connectivity index (χ1) is 21.2. The van der Waals surface area contributed by atoms with Gasteiger partial charge < -0.3 is 4.57 Å². The van der Waals surface area contributed by atoms with Crippen molar-refractivity contribution in [3.8, 4) is 40.1 Å². The highest BCUT2D eigenvalue weighted by molar-refractivity contribution is 14.1. The van der Waals surface area contributed by atoms with Gasteiger partial charge in [0.05, 0.1) is 32.5 Å². The highest BCUT2D eigenvalue weighted by atomic mass is 127. The number of benzene rings is 6. The summed E-state index contributed by atoms with van der Waals surface area (Å²) in [7, 11) is 0. The summed E-state index contributed by atoms with van der Waals surface area (Å²) < 4.78 is 5.52. The summed E-state index contributed by atoms with van der Waals surface area (Å²) in [6.45, 7) is 0. The maximum Gasteiger partial charge on any atom is 0.102 e. The molecule has 0 aliphatic carbocycles. The van der Waals surface area contributed by atoms with Crippen LogP contribution in [0.5, 0.6) is 0 Å². The molecule has 5 heteroatoms. The lowest BCUT2D eigenvalue weighted by atomic mass is 9.88. The van der Waals surface area contributed by atoms with Crippen molar-refractivity contribution in [2.75, 3.05) is 0 Å². The maximum atomic E-state index is 11.0. The van der Waals surface area contributed by atoms with Crippen molar-refractivity contribution in [1.29, 1.82) is 10.5 Å². The molecule has 0 saturated carbocycles. The van der Waals surface area contributed by atoms with Gasteiger partial charge in [-0.1, -0.05) is 109 Å². The lowest BCUT2D eigenvalue weighted by Gasteiger charge is -2.22. The van der Waals surface area contributed by atoms with E-state index in [-0.39, 0.29) is 0 Å². The van der Waals surface area contributed by atoms with Crippen LogP contribution in [0.15, 0.2) is 121 Å². The lowest BCUT2D eigenvalue weighted by Crippen LogP contribution is -2.07. The van der Waals surface area contributed by atoms with E-state index in [4.69, 9.17) is 0 Å². The number of para-hydroxylation sites is 1.